The molecule has 1 rings (SSSR count). The number of hydrogen-bond donors (Lipinski definition) is 4. The van der Waals surface area contributed by atoms with Crippen LogP contribution in [0.2, 0.25) is 0 Å². The molecule has 1 aliphatic heterocycles. The van der Waals surface area contributed by atoms with Gasteiger partial charge in [-0.3, -0.25) is 9.59 Å². The van der Waals surface area contributed by atoms with Crippen molar-refractivity contribution in [3.63, 3.8) is 0 Å². The van der Waals surface area contributed by atoms with E-state index in [9.17, 15) is 19.2 Å². The van der Waals surface area contributed by atoms with Gasteiger partial charge in [-0.15, -0.1) is 0 Å². The zero-order valence-corrected chi connectivity index (χ0v) is 14.8. The van der Waals surface area contributed by atoms with Crippen molar-refractivity contribution in [3.8, 4) is 0 Å². The highest BCUT2D eigenvalue weighted by atomic mass is 16.4. The molecular formula is C16H28N4O6. The minimum Gasteiger partial charge on any atom is -0.478 e. The summed E-state index contributed by atoms with van der Waals surface area (Å²) in [6.07, 6.45) is 4.66. The van der Waals surface area contributed by atoms with Gasteiger partial charge in [0.15, 0.2) is 0 Å². The number of carboxylic acid groups (broad SMARTS) is 2. The van der Waals surface area contributed by atoms with Crippen molar-refractivity contribution in [2.24, 2.45) is 0 Å². The van der Waals surface area contributed by atoms with Gasteiger partial charge in [0.1, 0.15) is 0 Å². The molecule has 0 atom stereocenters. The fraction of sp³-hybridized carbons (Fsp3) is 0.625. The van der Waals surface area contributed by atoms with E-state index < -0.39 is 11.9 Å². The van der Waals surface area contributed by atoms with Crippen molar-refractivity contribution in [3.05, 3.63) is 12.2 Å². The summed E-state index contributed by atoms with van der Waals surface area (Å²) < 4.78 is 0. The molecule has 10 nitrogen and oxygen atoms in total. The maximum Gasteiger partial charge on any atom is 0.328 e. The number of carbonyl (C=O) groups excluding carboxylic acids is 2. The van der Waals surface area contributed by atoms with E-state index in [0.29, 0.717) is 12.2 Å². The number of aliphatic carboxylic acids is 2. The van der Waals surface area contributed by atoms with Crippen molar-refractivity contribution in [2.75, 3.05) is 52.4 Å². The number of hydrogen-bond acceptors (Lipinski definition) is 6. The van der Waals surface area contributed by atoms with Gasteiger partial charge in [-0.05, 0) is 25.9 Å². The second-order valence-corrected chi connectivity index (χ2v) is 5.54. The van der Waals surface area contributed by atoms with Crippen molar-refractivity contribution >= 4 is 24.8 Å². The summed E-state index contributed by atoms with van der Waals surface area (Å²) in [5.74, 6) is -2.51. The normalized spacial score (nSPS) is 14.9. The Morgan fingerprint density at radius 1 is 0.769 bits per heavy atom. The van der Waals surface area contributed by atoms with E-state index in [4.69, 9.17) is 10.2 Å². The number of nitrogens with one attached hydrogen (secondary N) is 2. The Morgan fingerprint density at radius 2 is 1.12 bits per heavy atom. The van der Waals surface area contributed by atoms with Crippen molar-refractivity contribution in [1.29, 1.82) is 0 Å². The first-order valence-corrected chi connectivity index (χ1v) is 8.42. The summed E-state index contributed by atoms with van der Waals surface area (Å²) in [4.78, 5) is 44.2. The van der Waals surface area contributed by atoms with Crippen LogP contribution in [0.25, 0.3) is 0 Å². The number of rotatable bonds is 12. The summed E-state index contributed by atoms with van der Waals surface area (Å²) in [5, 5.41) is 21.0. The van der Waals surface area contributed by atoms with E-state index in [1.54, 1.807) is 0 Å². The molecule has 4 N–H and O–H groups in total. The largest absolute Gasteiger partial charge is 0.478 e. The number of nitrogens with zero attached hydrogens (tertiary/aromatic N) is 2. The minimum atomic E-state index is -1.26. The monoisotopic (exact) mass is 372 g/mol. The first-order valence-electron chi connectivity index (χ1n) is 8.42. The third-order valence-corrected chi connectivity index (χ3v) is 3.59. The van der Waals surface area contributed by atoms with Gasteiger partial charge in [0.05, 0.1) is 0 Å². The molecule has 0 aromatic heterocycles. The maximum atomic E-state index is 10.1. The van der Waals surface area contributed by atoms with E-state index in [1.165, 1.54) is 0 Å². The number of carboxylic acids is 2. The molecule has 0 bridgehead atoms. The van der Waals surface area contributed by atoms with Gasteiger partial charge in [-0.2, -0.15) is 0 Å². The predicted octanol–water partition coefficient (Wildman–Crippen LogP) is -1.41. The molecule has 0 radical (unpaired) electrons. The van der Waals surface area contributed by atoms with Gasteiger partial charge in [0, 0.05) is 51.4 Å². The van der Waals surface area contributed by atoms with Crippen molar-refractivity contribution in [1.82, 2.24) is 20.4 Å². The molecule has 1 saturated heterocycles. The van der Waals surface area contributed by atoms with Crippen LogP contribution in [0.4, 0.5) is 0 Å². The molecular weight excluding hydrogens is 344 g/mol. The third-order valence-electron chi connectivity index (χ3n) is 3.59. The summed E-state index contributed by atoms with van der Waals surface area (Å²) in [6, 6.07) is 0. The highest BCUT2D eigenvalue weighted by molar-refractivity contribution is 5.89. The maximum absolute atomic E-state index is 10.1. The second kappa shape index (κ2) is 16.0. The van der Waals surface area contributed by atoms with Crippen LogP contribution in [0.1, 0.15) is 12.8 Å². The van der Waals surface area contributed by atoms with Gasteiger partial charge < -0.3 is 30.6 Å². The number of amides is 2. The lowest BCUT2D eigenvalue weighted by Crippen LogP contribution is -2.47. The zero-order valence-electron chi connectivity index (χ0n) is 14.8. The standard InChI is InChI=1S/C12H24N4O2.C4H4O4/c17-11-13-3-1-5-15-7-9-16(10-8-15)6-2-4-14-12-18;5-3(6)1-2-4(7)8/h11-12H,1-10H2,(H,13,17)(H,14,18);1-2H,(H,5,6)(H,7,8)/b;2-1+. The molecule has 1 heterocycles. The molecule has 0 aromatic rings. The second-order valence-electron chi connectivity index (χ2n) is 5.54. The SMILES string of the molecule is O=C(O)/C=C/C(=O)O.O=CNCCCN1CCN(CCCNC=O)CC1. The fourth-order valence-corrected chi connectivity index (χ4v) is 2.31. The number of piperazine rings is 1. The van der Waals surface area contributed by atoms with Gasteiger partial charge >= 0.3 is 11.9 Å². The van der Waals surface area contributed by atoms with E-state index in [1.807, 2.05) is 0 Å². The molecule has 0 aliphatic carbocycles. The Labute approximate surface area is 152 Å². The fourth-order valence-electron chi connectivity index (χ4n) is 2.31. The Balaban J connectivity index is 0.000000660. The Morgan fingerprint density at radius 3 is 1.38 bits per heavy atom. The lowest BCUT2D eigenvalue weighted by atomic mass is 10.2. The van der Waals surface area contributed by atoms with Crippen LogP contribution < -0.4 is 10.6 Å². The van der Waals surface area contributed by atoms with Crippen LogP contribution in [-0.4, -0.2) is 97.1 Å². The smallest absolute Gasteiger partial charge is 0.328 e. The highest BCUT2D eigenvalue weighted by Gasteiger charge is 2.15. The summed E-state index contributed by atoms with van der Waals surface area (Å²) in [7, 11) is 0. The Kier molecular flexibility index (Phi) is 14.5. The zero-order chi connectivity index (χ0) is 19.6. The quantitative estimate of drug-likeness (QED) is 0.186. The predicted molar refractivity (Wildman–Crippen MR) is 94.7 cm³/mol. The molecule has 26 heavy (non-hydrogen) atoms. The average Bonchev–Trinajstić information content (AvgIpc) is 2.62. The first kappa shape index (κ1) is 23.5. The summed E-state index contributed by atoms with van der Waals surface area (Å²) >= 11 is 0. The van der Waals surface area contributed by atoms with Crippen LogP contribution in [-0.2, 0) is 19.2 Å². The molecule has 0 saturated carbocycles. The van der Waals surface area contributed by atoms with Crippen molar-refractivity contribution < 1.29 is 29.4 Å². The molecule has 2 amide bonds. The van der Waals surface area contributed by atoms with E-state index >= 15 is 0 Å². The average molecular weight is 372 g/mol. The van der Waals surface area contributed by atoms with Crippen molar-refractivity contribution in [2.45, 2.75) is 12.8 Å². The van der Waals surface area contributed by atoms with Crippen LogP contribution in [0.15, 0.2) is 12.2 Å². The van der Waals surface area contributed by atoms with Gasteiger partial charge in [0.25, 0.3) is 0 Å². The topological polar surface area (TPSA) is 139 Å². The lowest BCUT2D eigenvalue weighted by Gasteiger charge is -2.34. The van der Waals surface area contributed by atoms with E-state index in [0.717, 1.165) is 78.0 Å². The van der Waals surface area contributed by atoms with E-state index in [2.05, 4.69) is 20.4 Å². The molecule has 0 unspecified atom stereocenters. The van der Waals surface area contributed by atoms with E-state index in [-0.39, 0.29) is 0 Å². The molecule has 10 heteroatoms. The molecule has 148 valence electrons. The first-order chi connectivity index (χ1) is 12.5. The van der Waals surface area contributed by atoms with Crippen LogP contribution in [0, 0.1) is 0 Å². The highest BCUT2D eigenvalue weighted by Crippen LogP contribution is 2.02. The van der Waals surface area contributed by atoms with Gasteiger partial charge in [0.2, 0.25) is 12.8 Å². The summed E-state index contributed by atoms with van der Waals surface area (Å²) in [6.45, 7) is 8.04. The third kappa shape index (κ3) is 15.1. The molecule has 1 fully saturated rings. The number of carbonyl (C=O) groups is 4. The minimum absolute atomic E-state index is 0.558. The van der Waals surface area contributed by atoms with Crippen LogP contribution in [0.3, 0.4) is 0 Å². The Hall–Kier alpha value is -2.46. The Bertz CT molecular complexity index is 410. The summed E-state index contributed by atoms with van der Waals surface area (Å²) in [5.41, 5.74) is 0. The lowest BCUT2D eigenvalue weighted by molar-refractivity contribution is -0.134. The van der Waals surface area contributed by atoms with Gasteiger partial charge in [-0.1, -0.05) is 0 Å². The molecule has 0 spiro atoms. The van der Waals surface area contributed by atoms with Gasteiger partial charge in [-0.25, -0.2) is 9.59 Å². The van der Waals surface area contributed by atoms with Crippen LogP contribution >= 0.6 is 0 Å². The molecule has 1 aliphatic rings. The van der Waals surface area contributed by atoms with Crippen LogP contribution in [0.5, 0.6) is 0 Å². The molecule has 0 aromatic carbocycles.